The van der Waals surface area contributed by atoms with Crippen molar-refractivity contribution in [1.82, 2.24) is 4.90 Å². The molecule has 1 atom stereocenters. The predicted octanol–water partition coefficient (Wildman–Crippen LogP) is 1.38. The van der Waals surface area contributed by atoms with E-state index in [-0.39, 0.29) is 5.91 Å². The number of fused-ring (bicyclic) bond motifs is 1. The highest BCUT2D eigenvalue weighted by Crippen LogP contribution is 2.44. The Labute approximate surface area is 111 Å². The standard InChI is InChI=1S/C13H19N3OS/c1-16-6-2-4-13(16)5-3-8-9(7-13)18-12(15)10(8)11(14)17/h2-7,15H2,1H3,(H2,14,17). The molecule has 0 aromatic carbocycles. The van der Waals surface area contributed by atoms with Gasteiger partial charge in [0, 0.05) is 16.8 Å². The maximum absolute atomic E-state index is 11.5. The van der Waals surface area contributed by atoms with E-state index in [1.165, 1.54) is 24.3 Å². The molecule has 1 aliphatic carbocycles. The van der Waals surface area contributed by atoms with Gasteiger partial charge >= 0.3 is 0 Å². The number of hydrogen-bond acceptors (Lipinski definition) is 4. The minimum atomic E-state index is -0.374. The summed E-state index contributed by atoms with van der Waals surface area (Å²) in [5.41, 5.74) is 13.4. The molecular formula is C13H19N3OS. The third-order valence-corrected chi connectivity index (χ3v) is 5.70. The van der Waals surface area contributed by atoms with E-state index in [0.29, 0.717) is 16.1 Å². The number of hydrogen-bond donors (Lipinski definition) is 2. The molecule has 18 heavy (non-hydrogen) atoms. The first-order chi connectivity index (χ1) is 8.53. The lowest BCUT2D eigenvalue weighted by Crippen LogP contribution is -2.45. The second kappa shape index (κ2) is 3.96. The molecule has 0 radical (unpaired) electrons. The summed E-state index contributed by atoms with van der Waals surface area (Å²) in [6.45, 7) is 1.18. The lowest BCUT2D eigenvalue weighted by atomic mass is 9.79. The number of carbonyl (C=O) groups is 1. The fourth-order valence-corrected chi connectivity index (χ4v) is 4.83. The average Bonchev–Trinajstić information content (AvgIpc) is 2.80. The molecule has 2 heterocycles. The highest BCUT2D eigenvalue weighted by atomic mass is 32.1. The number of anilines is 1. The van der Waals surface area contributed by atoms with Crippen LogP contribution in [0.15, 0.2) is 0 Å². The number of nitrogen functional groups attached to an aromatic ring is 1. The zero-order chi connectivity index (χ0) is 12.9. The number of primary amides is 1. The van der Waals surface area contributed by atoms with Crippen molar-refractivity contribution in [3.8, 4) is 0 Å². The highest BCUT2D eigenvalue weighted by Gasteiger charge is 2.42. The van der Waals surface area contributed by atoms with E-state index < -0.39 is 0 Å². The second-order valence-corrected chi connectivity index (χ2v) is 6.67. The number of likely N-dealkylation sites (tertiary alicyclic amines) is 1. The van der Waals surface area contributed by atoms with Crippen molar-refractivity contribution in [2.45, 2.75) is 37.6 Å². The monoisotopic (exact) mass is 265 g/mol. The first-order valence-electron chi connectivity index (χ1n) is 6.44. The van der Waals surface area contributed by atoms with Crippen LogP contribution in [-0.2, 0) is 12.8 Å². The zero-order valence-corrected chi connectivity index (χ0v) is 11.5. The number of carbonyl (C=O) groups excluding carboxylic acids is 1. The van der Waals surface area contributed by atoms with Crippen LogP contribution in [0, 0.1) is 0 Å². The molecule has 5 heteroatoms. The van der Waals surface area contributed by atoms with Crippen LogP contribution in [0.5, 0.6) is 0 Å². The number of likely N-dealkylation sites (N-methyl/N-ethyl adjacent to an activating group) is 1. The fourth-order valence-electron chi connectivity index (χ4n) is 3.57. The topological polar surface area (TPSA) is 72.3 Å². The van der Waals surface area contributed by atoms with Crippen molar-refractivity contribution >= 4 is 22.2 Å². The summed E-state index contributed by atoms with van der Waals surface area (Å²) in [5.74, 6) is -0.374. The number of rotatable bonds is 1. The molecule has 0 bridgehead atoms. The minimum Gasteiger partial charge on any atom is -0.390 e. The van der Waals surface area contributed by atoms with Gasteiger partial charge < -0.3 is 16.4 Å². The molecule has 4 nitrogen and oxygen atoms in total. The van der Waals surface area contributed by atoms with Crippen molar-refractivity contribution in [2.75, 3.05) is 19.3 Å². The molecule has 0 saturated carbocycles. The zero-order valence-electron chi connectivity index (χ0n) is 10.7. The van der Waals surface area contributed by atoms with Crippen molar-refractivity contribution in [1.29, 1.82) is 0 Å². The van der Waals surface area contributed by atoms with Crippen LogP contribution >= 0.6 is 11.3 Å². The van der Waals surface area contributed by atoms with E-state index in [9.17, 15) is 4.79 Å². The summed E-state index contributed by atoms with van der Waals surface area (Å²) >= 11 is 1.56. The van der Waals surface area contributed by atoms with Crippen LogP contribution in [0.3, 0.4) is 0 Å². The van der Waals surface area contributed by atoms with Gasteiger partial charge in [-0.3, -0.25) is 4.79 Å². The molecule has 1 unspecified atom stereocenters. The van der Waals surface area contributed by atoms with Crippen molar-refractivity contribution in [3.05, 3.63) is 16.0 Å². The Hall–Kier alpha value is -1.07. The van der Waals surface area contributed by atoms with Gasteiger partial charge in [-0.2, -0.15) is 0 Å². The minimum absolute atomic E-state index is 0.305. The molecule has 1 saturated heterocycles. The van der Waals surface area contributed by atoms with Gasteiger partial charge in [-0.15, -0.1) is 11.3 Å². The number of thiophene rings is 1. The summed E-state index contributed by atoms with van der Waals surface area (Å²) < 4.78 is 0. The van der Waals surface area contributed by atoms with E-state index >= 15 is 0 Å². The van der Waals surface area contributed by atoms with Crippen molar-refractivity contribution < 1.29 is 4.79 Å². The molecule has 4 N–H and O–H groups in total. The quantitative estimate of drug-likeness (QED) is 0.806. The van der Waals surface area contributed by atoms with Crippen LogP contribution in [0.25, 0.3) is 0 Å². The van der Waals surface area contributed by atoms with Gasteiger partial charge in [-0.1, -0.05) is 0 Å². The fraction of sp³-hybridized carbons (Fsp3) is 0.615. The van der Waals surface area contributed by atoms with Crippen LogP contribution < -0.4 is 11.5 Å². The van der Waals surface area contributed by atoms with Gasteiger partial charge in [-0.25, -0.2) is 0 Å². The lowest BCUT2D eigenvalue weighted by Gasteiger charge is -2.39. The Morgan fingerprint density at radius 2 is 2.22 bits per heavy atom. The second-order valence-electron chi connectivity index (χ2n) is 5.53. The first kappa shape index (κ1) is 12.0. The normalized spacial score (nSPS) is 27.6. The molecular weight excluding hydrogens is 246 g/mol. The van der Waals surface area contributed by atoms with Crippen LogP contribution in [0.2, 0.25) is 0 Å². The third kappa shape index (κ3) is 1.57. The summed E-state index contributed by atoms with van der Waals surface area (Å²) in [4.78, 5) is 15.2. The highest BCUT2D eigenvalue weighted by molar-refractivity contribution is 7.16. The third-order valence-electron chi connectivity index (χ3n) is 4.64. The largest absolute Gasteiger partial charge is 0.390 e. The van der Waals surface area contributed by atoms with E-state index in [4.69, 9.17) is 11.5 Å². The molecule has 2 aliphatic rings. The molecule has 1 fully saturated rings. The summed E-state index contributed by atoms with van der Waals surface area (Å²) in [6.07, 6.45) is 5.61. The molecule has 1 aromatic rings. The van der Waals surface area contributed by atoms with E-state index in [0.717, 1.165) is 24.8 Å². The maximum atomic E-state index is 11.5. The summed E-state index contributed by atoms with van der Waals surface area (Å²) in [7, 11) is 2.21. The van der Waals surface area contributed by atoms with Crippen molar-refractivity contribution in [2.24, 2.45) is 5.73 Å². The molecule has 3 rings (SSSR count). The van der Waals surface area contributed by atoms with Gasteiger partial charge in [0.05, 0.1) is 10.6 Å². The predicted molar refractivity (Wildman–Crippen MR) is 73.9 cm³/mol. The van der Waals surface area contributed by atoms with Gasteiger partial charge in [0.2, 0.25) is 0 Å². The average molecular weight is 265 g/mol. The van der Waals surface area contributed by atoms with Crippen molar-refractivity contribution in [3.63, 3.8) is 0 Å². The van der Waals surface area contributed by atoms with E-state index in [2.05, 4.69) is 11.9 Å². The Morgan fingerprint density at radius 1 is 1.44 bits per heavy atom. The Bertz CT molecular complexity index is 511. The van der Waals surface area contributed by atoms with Crippen LogP contribution in [0.4, 0.5) is 5.00 Å². The summed E-state index contributed by atoms with van der Waals surface area (Å²) in [6, 6.07) is 0. The Balaban J connectivity index is 2.00. The van der Waals surface area contributed by atoms with Crippen LogP contribution in [0.1, 0.15) is 40.1 Å². The van der Waals surface area contributed by atoms with E-state index in [1.54, 1.807) is 11.3 Å². The van der Waals surface area contributed by atoms with Gasteiger partial charge in [-0.05, 0) is 44.8 Å². The number of nitrogens with two attached hydrogens (primary N) is 2. The molecule has 1 spiro atoms. The van der Waals surface area contributed by atoms with Gasteiger partial charge in [0.25, 0.3) is 5.91 Å². The first-order valence-corrected chi connectivity index (χ1v) is 7.26. The van der Waals surface area contributed by atoms with Gasteiger partial charge in [0.15, 0.2) is 0 Å². The molecule has 98 valence electrons. The van der Waals surface area contributed by atoms with Crippen LogP contribution in [-0.4, -0.2) is 29.9 Å². The number of nitrogens with zero attached hydrogens (tertiary/aromatic N) is 1. The van der Waals surface area contributed by atoms with Gasteiger partial charge in [0.1, 0.15) is 0 Å². The molecule has 1 aliphatic heterocycles. The Morgan fingerprint density at radius 3 is 2.83 bits per heavy atom. The molecule has 1 aromatic heterocycles. The smallest absolute Gasteiger partial charge is 0.251 e. The summed E-state index contributed by atoms with van der Waals surface area (Å²) in [5, 5.41) is 0.602. The number of amides is 1. The lowest BCUT2D eigenvalue weighted by molar-refractivity contribution is 0.0998. The Kier molecular flexibility index (Phi) is 2.64. The maximum Gasteiger partial charge on any atom is 0.251 e. The molecule has 1 amide bonds. The van der Waals surface area contributed by atoms with E-state index in [1.807, 2.05) is 0 Å². The SMILES string of the molecule is CN1CCCC12CCc1c(sc(N)c1C(N)=O)C2.